The molecule has 2 aliphatic rings. The fraction of sp³-hybridized carbons (Fsp3) is 0.562. The van der Waals surface area contributed by atoms with Gasteiger partial charge in [-0.15, -0.1) is 0 Å². The van der Waals surface area contributed by atoms with E-state index in [-0.39, 0.29) is 23.8 Å². The minimum atomic E-state index is -0.348. The molecule has 0 N–H and O–H groups in total. The van der Waals surface area contributed by atoms with Crippen LogP contribution >= 0.6 is 0 Å². The highest BCUT2D eigenvalue weighted by Crippen LogP contribution is 2.30. The van der Waals surface area contributed by atoms with Gasteiger partial charge >= 0.3 is 0 Å². The van der Waals surface area contributed by atoms with Gasteiger partial charge in [0, 0.05) is 31.9 Å². The molecule has 0 aromatic carbocycles. The molecule has 0 saturated carbocycles. The van der Waals surface area contributed by atoms with Gasteiger partial charge < -0.3 is 9.80 Å². The standard InChI is InChI=1S/C16H21N3O2/c1-11(2)15(19-8-3-4-14(19)20)16(21)18-9-6-12-10-17-7-5-13(12)18/h5,7,10-11,15H,3-4,6,8-9H2,1-2H3. The van der Waals surface area contributed by atoms with Crippen molar-refractivity contribution >= 4 is 17.5 Å². The number of carbonyl (C=O) groups is 2. The molecule has 2 aliphatic heterocycles. The first kappa shape index (κ1) is 14.0. The number of hydrogen-bond acceptors (Lipinski definition) is 3. The highest BCUT2D eigenvalue weighted by atomic mass is 16.2. The zero-order chi connectivity index (χ0) is 15.0. The Morgan fingerprint density at radius 1 is 1.29 bits per heavy atom. The van der Waals surface area contributed by atoms with Gasteiger partial charge in [0.25, 0.3) is 0 Å². The summed E-state index contributed by atoms with van der Waals surface area (Å²) in [6.45, 7) is 5.41. The van der Waals surface area contributed by atoms with Gasteiger partial charge in [0.05, 0.1) is 5.69 Å². The predicted octanol–water partition coefficient (Wildman–Crippen LogP) is 1.62. The lowest BCUT2D eigenvalue weighted by Crippen LogP contribution is -2.51. The Morgan fingerprint density at radius 2 is 2.10 bits per heavy atom. The minimum absolute atomic E-state index is 0.0465. The summed E-state index contributed by atoms with van der Waals surface area (Å²) in [4.78, 5) is 32.7. The molecule has 1 saturated heterocycles. The van der Waals surface area contributed by atoms with E-state index < -0.39 is 0 Å². The SMILES string of the molecule is CC(C)C(C(=O)N1CCc2cnccc21)N1CCCC1=O. The molecule has 1 unspecified atom stereocenters. The number of carbonyl (C=O) groups excluding carboxylic acids is 2. The maximum atomic E-state index is 13.0. The smallest absolute Gasteiger partial charge is 0.250 e. The Labute approximate surface area is 124 Å². The topological polar surface area (TPSA) is 53.5 Å². The number of pyridine rings is 1. The lowest BCUT2D eigenvalue weighted by Gasteiger charge is -2.33. The molecular formula is C16H21N3O2. The van der Waals surface area contributed by atoms with E-state index in [9.17, 15) is 9.59 Å². The Kier molecular flexibility index (Phi) is 3.66. The Bertz CT molecular complexity index is 570. The van der Waals surface area contributed by atoms with Gasteiger partial charge in [0.1, 0.15) is 6.04 Å². The number of hydrogen-bond donors (Lipinski definition) is 0. The number of amides is 2. The van der Waals surface area contributed by atoms with Gasteiger partial charge in [-0.3, -0.25) is 14.6 Å². The molecule has 0 bridgehead atoms. The first-order valence-corrected chi connectivity index (χ1v) is 7.63. The normalized spacial score (nSPS) is 19.3. The highest BCUT2D eigenvalue weighted by molar-refractivity contribution is 6.01. The van der Waals surface area contributed by atoms with Crippen molar-refractivity contribution in [2.75, 3.05) is 18.0 Å². The van der Waals surface area contributed by atoms with Crippen LogP contribution in [0.25, 0.3) is 0 Å². The van der Waals surface area contributed by atoms with Gasteiger partial charge in [0.15, 0.2) is 0 Å². The van der Waals surface area contributed by atoms with E-state index in [1.807, 2.05) is 31.0 Å². The molecule has 21 heavy (non-hydrogen) atoms. The molecule has 0 spiro atoms. The zero-order valence-electron chi connectivity index (χ0n) is 12.6. The van der Waals surface area contributed by atoms with Crippen LogP contribution in [0.2, 0.25) is 0 Å². The van der Waals surface area contributed by atoms with Crippen molar-refractivity contribution in [1.82, 2.24) is 9.88 Å². The third-order valence-corrected chi connectivity index (χ3v) is 4.37. The first-order valence-electron chi connectivity index (χ1n) is 7.63. The lowest BCUT2D eigenvalue weighted by molar-refractivity contribution is -0.137. The summed E-state index contributed by atoms with van der Waals surface area (Å²) in [5.41, 5.74) is 2.06. The van der Waals surface area contributed by atoms with Crippen molar-refractivity contribution in [3.8, 4) is 0 Å². The fourth-order valence-corrected chi connectivity index (χ4v) is 3.36. The van der Waals surface area contributed by atoms with Crippen molar-refractivity contribution in [3.05, 3.63) is 24.0 Å². The monoisotopic (exact) mass is 287 g/mol. The molecule has 2 amide bonds. The lowest BCUT2D eigenvalue weighted by atomic mass is 10.0. The van der Waals surface area contributed by atoms with Crippen LogP contribution in [0.3, 0.4) is 0 Å². The number of likely N-dealkylation sites (tertiary alicyclic amines) is 1. The van der Waals surface area contributed by atoms with E-state index in [0.29, 0.717) is 19.5 Å². The van der Waals surface area contributed by atoms with Gasteiger partial charge in [-0.2, -0.15) is 0 Å². The van der Waals surface area contributed by atoms with Crippen LogP contribution < -0.4 is 4.90 Å². The van der Waals surface area contributed by atoms with Crippen LogP contribution in [-0.2, 0) is 16.0 Å². The fourth-order valence-electron chi connectivity index (χ4n) is 3.36. The van der Waals surface area contributed by atoms with Gasteiger partial charge in [-0.05, 0) is 30.4 Å². The van der Waals surface area contributed by atoms with E-state index in [1.54, 1.807) is 11.1 Å². The molecule has 1 fully saturated rings. The van der Waals surface area contributed by atoms with Crippen LogP contribution in [0.5, 0.6) is 0 Å². The number of anilines is 1. The highest BCUT2D eigenvalue weighted by Gasteiger charge is 2.39. The Hall–Kier alpha value is -1.91. The third kappa shape index (κ3) is 2.41. The van der Waals surface area contributed by atoms with Crippen molar-refractivity contribution in [2.45, 2.75) is 39.2 Å². The molecule has 1 aromatic heterocycles. The van der Waals surface area contributed by atoms with Crippen LogP contribution in [0, 0.1) is 5.92 Å². The summed E-state index contributed by atoms with van der Waals surface area (Å²) in [5, 5.41) is 0. The number of aromatic nitrogens is 1. The number of nitrogens with zero attached hydrogens (tertiary/aromatic N) is 3. The largest absolute Gasteiger partial charge is 0.330 e. The van der Waals surface area contributed by atoms with Gasteiger partial charge in [-0.1, -0.05) is 13.8 Å². The average Bonchev–Trinajstić information content (AvgIpc) is 3.05. The summed E-state index contributed by atoms with van der Waals surface area (Å²) in [6.07, 6.45) is 5.81. The maximum absolute atomic E-state index is 13.0. The van der Waals surface area contributed by atoms with Crippen LogP contribution in [0.1, 0.15) is 32.3 Å². The van der Waals surface area contributed by atoms with Gasteiger partial charge in [0.2, 0.25) is 11.8 Å². The van der Waals surface area contributed by atoms with Crippen molar-refractivity contribution < 1.29 is 9.59 Å². The van der Waals surface area contributed by atoms with E-state index in [0.717, 1.165) is 24.1 Å². The van der Waals surface area contributed by atoms with Crippen LogP contribution in [0.4, 0.5) is 5.69 Å². The minimum Gasteiger partial charge on any atom is -0.330 e. The number of rotatable bonds is 3. The molecule has 0 radical (unpaired) electrons. The molecule has 1 atom stereocenters. The van der Waals surface area contributed by atoms with Gasteiger partial charge in [-0.25, -0.2) is 0 Å². The summed E-state index contributed by atoms with van der Waals surface area (Å²) < 4.78 is 0. The molecule has 0 aliphatic carbocycles. The molecule has 112 valence electrons. The molecule has 3 rings (SSSR count). The molecule has 5 heteroatoms. The average molecular weight is 287 g/mol. The van der Waals surface area contributed by atoms with Crippen LogP contribution in [-0.4, -0.2) is 40.8 Å². The van der Waals surface area contributed by atoms with E-state index in [2.05, 4.69) is 4.98 Å². The molecule has 1 aromatic rings. The Balaban J connectivity index is 1.87. The second-order valence-corrected chi connectivity index (χ2v) is 6.12. The van der Waals surface area contributed by atoms with Crippen molar-refractivity contribution in [2.24, 2.45) is 5.92 Å². The predicted molar refractivity (Wildman–Crippen MR) is 79.9 cm³/mol. The van der Waals surface area contributed by atoms with Crippen LogP contribution in [0.15, 0.2) is 18.5 Å². The quantitative estimate of drug-likeness (QED) is 0.849. The summed E-state index contributed by atoms with van der Waals surface area (Å²) >= 11 is 0. The second-order valence-electron chi connectivity index (χ2n) is 6.12. The zero-order valence-corrected chi connectivity index (χ0v) is 12.6. The third-order valence-electron chi connectivity index (χ3n) is 4.37. The number of fused-ring (bicyclic) bond motifs is 1. The molecule has 5 nitrogen and oxygen atoms in total. The van der Waals surface area contributed by atoms with Crippen molar-refractivity contribution in [3.63, 3.8) is 0 Å². The Morgan fingerprint density at radius 3 is 2.76 bits per heavy atom. The van der Waals surface area contributed by atoms with E-state index in [1.165, 1.54) is 0 Å². The molecule has 3 heterocycles. The van der Waals surface area contributed by atoms with E-state index >= 15 is 0 Å². The summed E-state index contributed by atoms with van der Waals surface area (Å²) in [7, 11) is 0. The first-order chi connectivity index (χ1) is 10.1. The van der Waals surface area contributed by atoms with Crippen molar-refractivity contribution in [1.29, 1.82) is 0 Å². The summed E-state index contributed by atoms with van der Waals surface area (Å²) in [6, 6.07) is 1.54. The van der Waals surface area contributed by atoms with E-state index in [4.69, 9.17) is 0 Å². The summed E-state index contributed by atoms with van der Waals surface area (Å²) in [5.74, 6) is 0.270. The maximum Gasteiger partial charge on any atom is 0.250 e. The second kappa shape index (κ2) is 5.47. The molecular weight excluding hydrogens is 266 g/mol.